The third kappa shape index (κ3) is 11.2. The summed E-state index contributed by atoms with van der Waals surface area (Å²) in [5.41, 5.74) is 5.18. The highest BCUT2D eigenvalue weighted by Gasteiger charge is 2.25. The van der Waals surface area contributed by atoms with Gasteiger partial charge in [0.15, 0.2) is 5.75 Å². The van der Waals surface area contributed by atoms with Crippen LogP contribution in [0.1, 0.15) is 0 Å². The highest BCUT2D eigenvalue weighted by molar-refractivity contribution is 7.86. The minimum Gasteiger partial charge on any atom is -0.505 e. The second-order valence-corrected chi connectivity index (χ2v) is 19.9. The minimum absolute atomic E-state index is 0.0228. The third-order valence-corrected chi connectivity index (χ3v) is 13.3. The summed E-state index contributed by atoms with van der Waals surface area (Å²) >= 11 is 0. The van der Waals surface area contributed by atoms with E-state index in [1.807, 2.05) is 0 Å². The van der Waals surface area contributed by atoms with Crippen LogP contribution in [0.25, 0.3) is 32.3 Å². The molecule has 0 aliphatic heterocycles. The number of benzene rings is 7. The molecule has 27 heteroatoms. The molecule has 0 aliphatic carbocycles. The summed E-state index contributed by atoms with van der Waals surface area (Å²) < 4.78 is 147. The predicted molar refractivity (Wildman–Crippen MR) is 250 cm³/mol. The van der Waals surface area contributed by atoms with Crippen molar-refractivity contribution in [2.45, 2.75) is 19.6 Å². The molecule has 7 aromatic rings. The van der Waals surface area contributed by atoms with Crippen molar-refractivity contribution in [3.63, 3.8) is 0 Å². The number of aliphatic imine (C=N–C) groups is 1. The molecular formula is C42H33N7O16S4. The van der Waals surface area contributed by atoms with E-state index in [9.17, 15) is 61.8 Å². The highest BCUT2D eigenvalue weighted by atomic mass is 32.2. The lowest BCUT2D eigenvalue weighted by Gasteiger charge is -2.11. The van der Waals surface area contributed by atoms with E-state index in [0.29, 0.717) is 22.5 Å². The van der Waals surface area contributed by atoms with Crippen LogP contribution in [-0.2, 0) is 50.0 Å². The molecule has 0 spiro atoms. The van der Waals surface area contributed by atoms with Gasteiger partial charge in [0.2, 0.25) is 0 Å². The van der Waals surface area contributed by atoms with Crippen molar-refractivity contribution in [1.29, 1.82) is 0 Å². The number of carbonyl (C=O) groups excluding carboxylic acids is 1. The fraction of sp³-hybridized carbons (Fsp3) is 0.0476. The van der Waals surface area contributed by atoms with E-state index in [-0.39, 0.29) is 57.2 Å². The van der Waals surface area contributed by atoms with Gasteiger partial charge >= 0.3 is 5.97 Å². The van der Waals surface area contributed by atoms with Crippen LogP contribution >= 0.6 is 0 Å². The van der Waals surface area contributed by atoms with Crippen LogP contribution in [0.2, 0.25) is 0 Å². The predicted octanol–water partition coefficient (Wildman–Crippen LogP) is 8.13. The molecule has 0 saturated carbocycles. The number of rotatable bonds is 16. The lowest BCUT2D eigenvalue weighted by molar-refractivity contribution is -0.138. The number of fused-ring (bicyclic) bond motifs is 3. The number of phenolic OH excluding ortho intramolecular Hbond substituents is 1. The number of anilines is 2. The van der Waals surface area contributed by atoms with Crippen molar-refractivity contribution in [1.82, 2.24) is 0 Å². The second-order valence-electron chi connectivity index (χ2n) is 14.3. The van der Waals surface area contributed by atoms with Gasteiger partial charge in [-0.2, -0.15) is 33.7 Å². The molecule has 0 radical (unpaired) electrons. The highest BCUT2D eigenvalue weighted by Crippen LogP contribution is 2.45. The number of azo groups is 2. The Hall–Kier alpha value is -7.76. The van der Waals surface area contributed by atoms with E-state index in [1.165, 1.54) is 36.7 Å². The maximum absolute atomic E-state index is 12.5. The van der Waals surface area contributed by atoms with E-state index >= 15 is 0 Å². The number of hydrogen-bond donors (Lipinski definition) is 7. The number of nitrogen functional groups attached to an aromatic ring is 1. The molecule has 8 N–H and O–H groups in total. The average Bonchev–Trinajstić information content (AvgIpc) is 3.28. The smallest absolute Gasteiger partial charge is 0.330 e. The van der Waals surface area contributed by atoms with Gasteiger partial charge in [0.05, 0.1) is 44.6 Å². The summed E-state index contributed by atoms with van der Waals surface area (Å²) in [5.74, 6) is -1.04. The summed E-state index contributed by atoms with van der Waals surface area (Å²) in [6.45, 7) is 3.45. The molecular weight excluding hydrogens is 987 g/mol. The van der Waals surface area contributed by atoms with E-state index in [2.05, 4.69) is 37.3 Å². The maximum Gasteiger partial charge on any atom is 0.330 e. The number of nitrogens with two attached hydrogens (primary N) is 1. The molecule has 0 aromatic heterocycles. The average molecular weight is 1020 g/mol. The van der Waals surface area contributed by atoms with Crippen LogP contribution in [0, 0.1) is 0 Å². The Bertz CT molecular complexity index is 3830. The molecule has 356 valence electrons. The zero-order chi connectivity index (χ0) is 50.1. The summed E-state index contributed by atoms with van der Waals surface area (Å²) in [5, 5.41) is 30.7. The second kappa shape index (κ2) is 19.1. The Balaban J connectivity index is 1.25. The molecule has 7 aromatic carbocycles. The van der Waals surface area contributed by atoms with Crippen molar-refractivity contribution in [2.75, 3.05) is 24.3 Å². The number of hydrogen-bond acceptors (Lipinski definition) is 18. The van der Waals surface area contributed by atoms with Gasteiger partial charge in [-0.3, -0.25) is 18.2 Å². The Morgan fingerprint density at radius 1 is 0.609 bits per heavy atom. The van der Waals surface area contributed by atoms with Gasteiger partial charge < -0.3 is 25.6 Å². The molecule has 0 unspecified atom stereocenters. The molecule has 0 aliphatic rings. The molecule has 0 amide bonds. The number of aromatic hydroxyl groups is 1. The number of ether oxygens (including phenoxy) is 2. The van der Waals surface area contributed by atoms with Crippen molar-refractivity contribution in [3.8, 4) is 11.5 Å². The monoisotopic (exact) mass is 1020 g/mol. The van der Waals surface area contributed by atoms with Gasteiger partial charge in [-0.15, -0.1) is 20.5 Å². The Labute approximate surface area is 391 Å². The normalized spacial score (nSPS) is 12.7. The van der Waals surface area contributed by atoms with Crippen molar-refractivity contribution < 1.29 is 71.3 Å². The van der Waals surface area contributed by atoms with E-state index < -0.39 is 83.1 Å². The molecule has 69 heavy (non-hydrogen) atoms. The van der Waals surface area contributed by atoms with E-state index in [4.69, 9.17) is 15.2 Å². The molecule has 0 saturated heterocycles. The van der Waals surface area contributed by atoms with E-state index in [1.54, 1.807) is 30.3 Å². The zero-order valence-electron chi connectivity index (χ0n) is 34.8. The minimum atomic E-state index is -5.24. The number of esters is 1. The summed E-state index contributed by atoms with van der Waals surface area (Å²) in [6, 6.07) is 21.6. The zero-order valence-corrected chi connectivity index (χ0v) is 38.0. The van der Waals surface area contributed by atoms with Gasteiger partial charge in [-0.05, 0) is 96.4 Å². The van der Waals surface area contributed by atoms with Crippen LogP contribution in [0.15, 0.2) is 161 Å². The van der Waals surface area contributed by atoms with Crippen LogP contribution in [-0.4, -0.2) is 82.5 Å². The molecule has 7 rings (SSSR count). The number of nitrogens with zero attached hydrogens (tertiary/aromatic N) is 5. The standard InChI is InChI=1S/C42H33N7O16S4/c1-2-40(50)65-16-15-64-25-5-3-24(4-6-25)44-22-45-34-11-12-36(31-19-26(66(52,53)54)7-9-28(31)34)47-46-35-13-14-37(32-20-27(67(55,56)57)8-10-29(32)35)48-49-41-39(69(61,62)63)18-23-17-38(68(58,59)60)33(43)21-30(23)42(41)51/h2-14,17-22,51H,1,15-16,43H2,(H,44,45)(H,52,53,54)(H,55,56,57)(H,58,59,60)(H,61,62,63). The first-order valence-electron chi connectivity index (χ1n) is 19.2. The topological polar surface area (TPSA) is 373 Å². The first-order valence-corrected chi connectivity index (χ1v) is 25.0. The van der Waals surface area contributed by atoms with Crippen molar-refractivity contribution >= 4 is 125 Å². The van der Waals surface area contributed by atoms with Crippen molar-refractivity contribution in [2.24, 2.45) is 25.4 Å². The summed E-state index contributed by atoms with van der Waals surface area (Å²) in [6.07, 6.45) is 2.41. The number of carbonyl (C=O) groups is 1. The quantitative estimate of drug-likeness (QED) is 0.00701. The van der Waals surface area contributed by atoms with Gasteiger partial charge in [0, 0.05) is 38.7 Å². The Morgan fingerprint density at radius 3 is 1.72 bits per heavy atom. The number of nitrogens with one attached hydrogen (secondary N) is 1. The largest absolute Gasteiger partial charge is 0.505 e. The molecule has 0 bridgehead atoms. The SMILES string of the molecule is C=CC(=O)OCCOc1ccc(N=CNc2ccc(N=Nc3ccc(N=Nc4c(S(=O)(=O)O)cc5cc(S(=O)(=O)O)c(N)cc5c4O)c4cc(S(=O)(=O)O)ccc34)c3cc(S(=O)(=O)O)ccc23)cc1. The van der Waals surface area contributed by atoms with Crippen LogP contribution in [0.5, 0.6) is 11.5 Å². The Morgan fingerprint density at radius 2 is 1.14 bits per heavy atom. The lowest BCUT2D eigenvalue weighted by atomic mass is 10.1. The molecule has 23 nitrogen and oxygen atoms in total. The molecule has 0 heterocycles. The maximum atomic E-state index is 12.5. The van der Waals surface area contributed by atoms with Gasteiger partial charge in [0.1, 0.15) is 34.4 Å². The number of phenols is 1. The molecule has 0 atom stereocenters. The van der Waals surface area contributed by atoms with Gasteiger partial charge in [-0.1, -0.05) is 18.7 Å². The van der Waals surface area contributed by atoms with Crippen LogP contribution in [0.4, 0.5) is 39.8 Å². The lowest BCUT2D eigenvalue weighted by Crippen LogP contribution is -2.09. The van der Waals surface area contributed by atoms with Crippen LogP contribution < -0.4 is 15.8 Å². The first-order chi connectivity index (χ1) is 32.4. The van der Waals surface area contributed by atoms with Gasteiger partial charge in [0.25, 0.3) is 40.5 Å². The third-order valence-electron chi connectivity index (χ3n) is 9.80. The van der Waals surface area contributed by atoms with Gasteiger partial charge in [-0.25, -0.2) is 9.79 Å². The van der Waals surface area contributed by atoms with Crippen LogP contribution in [0.3, 0.4) is 0 Å². The summed E-state index contributed by atoms with van der Waals surface area (Å²) in [4.78, 5) is 12.6. The summed E-state index contributed by atoms with van der Waals surface area (Å²) in [7, 11) is -19.7. The first kappa shape index (κ1) is 49.2. The fourth-order valence-corrected chi connectivity index (χ4v) is 8.90. The Kier molecular flexibility index (Phi) is 13.6. The fourth-order valence-electron chi connectivity index (χ4n) is 6.60. The van der Waals surface area contributed by atoms with E-state index in [0.717, 1.165) is 48.5 Å². The molecule has 0 fully saturated rings. The van der Waals surface area contributed by atoms with Crippen molar-refractivity contribution in [3.05, 3.63) is 116 Å².